The van der Waals surface area contributed by atoms with Crippen molar-refractivity contribution >= 4 is 10.0 Å². The van der Waals surface area contributed by atoms with Crippen molar-refractivity contribution in [2.45, 2.75) is 13.0 Å². The quantitative estimate of drug-likeness (QED) is 0.617. The molecule has 0 aliphatic rings. The molecular formula is C13H19N5O2S. The second-order valence-corrected chi connectivity index (χ2v) is 6.54. The fraction of sp³-hybridized carbons (Fsp3) is 0.385. The van der Waals surface area contributed by atoms with Gasteiger partial charge in [0, 0.05) is 36.6 Å². The number of hydrogen-bond donors (Lipinski definition) is 3. The van der Waals surface area contributed by atoms with Gasteiger partial charge in [0.2, 0.25) is 10.0 Å². The van der Waals surface area contributed by atoms with Crippen molar-refractivity contribution in [2.24, 2.45) is 0 Å². The number of aromatic amines is 1. The number of hydrogen-bond acceptors (Lipinski definition) is 5. The van der Waals surface area contributed by atoms with E-state index < -0.39 is 10.0 Å². The minimum absolute atomic E-state index is 0.437. The predicted molar refractivity (Wildman–Crippen MR) is 81.0 cm³/mol. The minimum atomic E-state index is -3.10. The van der Waals surface area contributed by atoms with Crippen LogP contribution in [0.4, 0.5) is 0 Å². The van der Waals surface area contributed by atoms with Crippen molar-refractivity contribution in [3.63, 3.8) is 0 Å². The van der Waals surface area contributed by atoms with E-state index in [9.17, 15) is 8.42 Å². The van der Waals surface area contributed by atoms with Crippen molar-refractivity contribution in [2.75, 3.05) is 19.3 Å². The molecule has 0 aliphatic carbocycles. The second-order valence-electron chi connectivity index (χ2n) is 4.71. The van der Waals surface area contributed by atoms with Crippen LogP contribution in [0.1, 0.15) is 12.0 Å². The molecule has 0 saturated carbocycles. The Morgan fingerprint density at radius 2 is 2.14 bits per heavy atom. The largest absolute Gasteiger partial charge is 0.312 e. The normalized spacial score (nSPS) is 11.7. The lowest BCUT2D eigenvalue weighted by Gasteiger charge is -2.06. The number of H-pyrrole nitrogens is 1. The first-order chi connectivity index (χ1) is 10.1. The molecule has 0 unspecified atom stereocenters. The highest BCUT2D eigenvalue weighted by molar-refractivity contribution is 7.88. The Labute approximate surface area is 124 Å². The van der Waals surface area contributed by atoms with Crippen molar-refractivity contribution in [1.82, 2.24) is 25.2 Å². The van der Waals surface area contributed by atoms with Crippen LogP contribution >= 0.6 is 0 Å². The number of rotatable bonds is 8. The molecule has 2 heterocycles. The van der Waals surface area contributed by atoms with Crippen molar-refractivity contribution in [3.8, 4) is 11.3 Å². The Morgan fingerprint density at radius 3 is 2.86 bits per heavy atom. The van der Waals surface area contributed by atoms with E-state index in [-0.39, 0.29) is 0 Å². The van der Waals surface area contributed by atoms with Gasteiger partial charge in [-0.2, -0.15) is 5.10 Å². The summed E-state index contributed by atoms with van der Waals surface area (Å²) in [6.45, 7) is 1.83. The van der Waals surface area contributed by atoms with Crippen LogP contribution in [-0.4, -0.2) is 42.9 Å². The van der Waals surface area contributed by atoms with E-state index >= 15 is 0 Å². The minimum Gasteiger partial charge on any atom is -0.312 e. The molecule has 0 saturated heterocycles. The summed E-state index contributed by atoms with van der Waals surface area (Å²) in [5.41, 5.74) is 2.99. The van der Waals surface area contributed by atoms with Gasteiger partial charge in [-0.3, -0.25) is 10.1 Å². The maximum absolute atomic E-state index is 10.9. The van der Waals surface area contributed by atoms with Gasteiger partial charge >= 0.3 is 0 Å². The van der Waals surface area contributed by atoms with Crippen LogP contribution in [0.2, 0.25) is 0 Å². The van der Waals surface area contributed by atoms with Gasteiger partial charge in [-0.1, -0.05) is 0 Å². The summed E-state index contributed by atoms with van der Waals surface area (Å²) < 4.78 is 24.3. The van der Waals surface area contributed by atoms with Crippen LogP contribution in [-0.2, 0) is 16.6 Å². The van der Waals surface area contributed by atoms with Crippen LogP contribution in [0.15, 0.2) is 30.7 Å². The lowest BCUT2D eigenvalue weighted by molar-refractivity contribution is 0.579. The van der Waals surface area contributed by atoms with Crippen LogP contribution < -0.4 is 10.0 Å². The molecule has 114 valence electrons. The lowest BCUT2D eigenvalue weighted by Crippen LogP contribution is -2.26. The average molecular weight is 309 g/mol. The Balaban J connectivity index is 1.79. The van der Waals surface area contributed by atoms with Crippen LogP contribution in [0.25, 0.3) is 11.3 Å². The SMILES string of the molecule is CS(=O)(=O)NCCCNCc1cn[nH]c1-c1cccnc1. The van der Waals surface area contributed by atoms with Gasteiger partial charge in [0.25, 0.3) is 0 Å². The van der Waals surface area contributed by atoms with Crippen molar-refractivity contribution in [3.05, 3.63) is 36.3 Å². The molecule has 3 N–H and O–H groups in total. The molecule has 0 radical (unpaired) electrons. The van der Waals surface area contributed by atoms with Crippen LogP contribution in [0.3, 0.4) is 0 Å². The number of sulfonamides is 1. The fourth-order valence-electron chi connectivity index (χ4n) is 1.90. The molecule has 8 heteroatoms. The summed E-state index contributed by atoms with van der Waals surface area (Å²) in [5, 5.41) is 10.3. The highest BCUT2D eigenvalue weighted by Crippen LogP contribution is 2.19. The topological polar surface area (TPSA) is 99.8 Å². The van der Waals surface area contributed by atoms with Crippen molar-refractivity contribution < 1.29 is 8.42 Å². The molecule has 0 bridgehead atoms. The van der Waals surface area contributed by atoms with E-state index in [1.807, 2.05) is 12.1 Å². The van der Waals surface area contributed by atoms with Gasteiger partial charge in [0.05, 0.1) is 18.1 Å². The third-order valence-electron chi connectivity index (χ3n) is 2.88. The molecule has 7 nitrogen and oxygen atoms in total. The molecular weight excluding hydrogens is 290 g/mol. The van der Waals surface area contributed by atoms with Gasteiger partial charge in [0.1, 0.15) is 0 Å². The first-order valence-corrected chi connectivity index (χ1v) is 8.53. The predicted octanol–water partition coefficient (Wildman–Crippen LogP) is 0.501. The summed E-state index contributed by atoms with van der Waals surface area (Å²) >= 11 is 0. The average Bonchev–Trinajstić information content (AvgIpc) is 2.91. The molecule has 0 spiro atoms. The molecule has 21 heavy (non-hydrogen) atoms. The Bertz CT molecular complexity index is 654. The summed E-state index contributed by atoms with van der Waals surface area (Å²) in [7, 11) is -3.10. The Kier molecular flexibility index (Phi) is 5.43. The van der Waals surface area contributed by atoms with Gasteiger partial charge in [-0.05, 0) is 25.1 Å². The summed E-state index contributed by atoms with van der Waals surface area (Å²) in [5.74, 6) is 0. The van der Waals surface area contributed by atoms with Gasteiger partial charge in [-0.25, -0.2) is 13.1 Å². The third kappa shape index (κ3) is 5.25. The standard InChI is InChI=1S/C13H19N5O2S/c1-21(19,20)17-7-3-6-15-9-12-10-16-18-13(12)11-4-2-5-14-8-11/h2,4-5,8,10,15,17H,3,6-7,9H2,1H3,(H,16,18). The van der Waals surface area contributed by atoms with E-state index in [0.717, 1.165) is 36.0 Å². The van der Waals surface area contributed by atoms with Crippen LogP contribution in [0.5, 0.6) is 0 Å². The summed E-state index contributed by atoms with van der Waals surface area (Å²) in [4.78, 5) is 4.09. The maximum atomic E-state index is 10.9. The number of nitrogens with one attached hydrogen (secondary N) is 3. The van der Waals surface area contributed by atoms with Gasteiger partial charge in [-0.15, -0.1) is 0 Å². The molecule has 2 aromatic rings. The molecule has 2 aromatic heterocycles. The lowest BCUT2D eigenvalue weighted by atomic mass is 10.1. The number of aromatic nitrogens is 3. The molecule has 0 fully saturated rings. The zero-order valence-electron chi connectivity index (χ0n) is 11.8. The molecule has 0 aromatic carbocycles. The molecule has 0 atom stereocenters. The molecule has 2 rings (SSSR count). The highest BCUT2D eigenvalue weighted by atomic mass is 32.2. The van der Waals surface area contributed by atoms with E-state index in [1.165, 1.54) is 0 Å². The van der Waals surface area contributed by atoms with E-state index in [0.29, 0.717) is 13.1 Å². The highest BCUT2D eigenvalue weighted by Gasteiger charge is 2.07. The summed E-state index contributed by atoms with van der Waals surface area (Å²) in [6, 6.07) is 3.85. The second kappa shape index (κ2) is 7.30. The van der Waals surface area contributed by atoms with E-state index in [4.69, 9.17) is 0 Å². The van der Waals surface area contributed by atoms with Gasteiger partial charge in [0.15, 0.2) is 0 Å². The van der Waals surface area contributed by atoms with Gasteiger partial charge < -0.3 is 5.32 Å². The number of nitrogens with zero attached hydrogens (tertiary/aromatic N) is 2. The zero-order valence-corrected chi connectivity index (χ0v) is 12.7. The van der Waals surface area contributed by atoms with Crippen molar-refractivity contribution in [1.29, 1.82) is 0 Å². The first-order valence-electron chi connectivity index (χ1n) is 6.64. The summed E-state index contributed by atoms with van der Waals surface area (Å²) in [6.07, 6.45) is 7.18. The fourth-order valence-corrected chi connectivity index (χ4v) is 2.41. The van der Waals surface area contributed by atoms with Crippen LogP contribution in [0, 0.1) is 0 Å². The van der Waals surface area contributed by atoms with E-state index in [1.54, 1.807) is 18.6 Å². The molecule has 0 amide bonds. The Hall–Kier alpha value is -1.77. The third-order valence-corrected chi connectivity index (χ3v) is 3.61. The smallest absolute Gasteiger partial charge is 0.208 e. The number of pyridine rings is 1. The molecule has 0 aliphatic heterocycles. The van der Waals surface area contributed by atoms with E-state index in [2.05, 4.69) is 25.2 Å². The Morgan fingerprint density at radius 1 is 1.29 bits per heavy atom. The monoisotopic (exact) mass is 309 g/mol. The zero-order chi connectivity index (χ0) is 15.1. The maximum Gasteiger partial charge on any atom is 0.208 e. The first kappa shape index (κ1) is 15.6.